The largest absolute Gasteiger partial charge is 0.179 e. The molecule has 0 aromatic rings. The van der Waals surface area contributed by atoms with Crippen LogP contribution in [0.1, 0.15) is 41.5 Å². The van der Waals surface area contributed by atoms with Crippen molar-refractivity contribution < 1.29 is 0 Å². The van der Waals surface area contributed by atoms with E-state index in [0.29, 0.717) is 5.92 Å². The first-order valence-electron chi connectivity index (χ1n) is 5.49. The summed E-state index contributed by atoms with van der Waals surface area (Å²) in [5.74, 6) is 0.432. The van der Waals surface area contributed by atoms with Crippen LogP contribution in [0.15, 0.2) is 12.2 Å². The Morgan fingerprint density at radius 1 is 1.13 bits per heavy atom. The van der Waals surface area contributed by atoms with Gasteiger partial charge in [0.1, 0.15) is 7.85 Å². The van der Waals surface area contributed by atoms with E-state index in [4.69, 9.17) is 25.3 Å². The van der Waals surface area contributed by atoms with Crippen molar-refractivity contribution >= 4 is 33.1 Å². The number of hydrogen-bond donors (Lipinski definition) is 2. The molecular weight excluding hydrogens is 219 g/mol. The zero-order valence-corrected chi connectivity index (χ0v) is 13.0. The number of rotatable bonds is 3. The van der Waals surface area contributed by atoms with Crippen LogP contribution in [0.4, 0.5) is 0 Å². The number of thiol groups is 2. The molecule has 0 aromatic carbocycles. The number of hydrogen-bond acceptors (Lipinski definition) is 2. The van der Waals surface area contributed by atoms with Crippen molar-refractivity contribution in [3.63, 3.8) is 0 Å². The molecule has 2 unspecified atom stereocenters. The summed E-state index contributed by atoms with van der Waals surface area (Å²) in [7, 11) is 2.15. The molecule has 0 saturated heterocycles. The highest BCUT2D eigenvalue weighted by Crippen LogP contribution is 2.49. The summed E-state index contributed by atoms with van der Waals surface area (Å²) in [6.45, 7) is 17.2. The van der Waals surface area contributed by atoms with Crippen LogP contribution in [-0.4, -0.2) is 17.2 Å². The van der Waals surface area contributed by atoms with Gasteiger partial charge in [-0.1, -0.05) is 46.8 Å². The van der Waals surface area contributed by atoms with Crippen molar-refractivity contribution in [1.82, 2.24) is 0 Å². The third kappa shape index (κ3) is 2.79. The highest BCUT2D eigenvalue weighted by Gasteiger charge is 2.48. The topological polar surface area (TPSA) is 0 Å². The average Bonchev–Trinajstić information content (AvgIpc) is 2.00. The van der Waals surface area contributed by atoms with E-state index in [1.54, 1.807) is 0 Å². The molecule has 0 saturated carbocycles. The summed E-state index contributed by atoms with van der Waals surface area (Å²) in [4.78, 5) is 0. The maximum Gasteiger partial charge on any atom is 0.125 e. The first kappa shape index (κ1) is 15.5. The first-order valence-corrected chi connectivity index (χ1v) is 6.39. The second-order valence-corrected chi connectivity index (χ2v) is 7.86. The van der Waals surface area contributed by atoms with Gasteiger partial charge in [-0.25, -0.2) is 0 Å². The van der Waals surface area contributed by atoms with Crippen LogP contribution in [0.3, 0.4) is 0 Å². The fraction of sp³-hybridized carbons (Fsp3) is 0.833. The molecule has 0 aliphatic rings. The molecule has 3 heteroatoms. The molecule has 2 atom stereocenters. The molecule has 0 amide bonds. The van der Waals surface area contributed by atoms with Crippen LogP contribution in [0.5, 0.6) is 0 Å². The van der Waals surface area contributed by atoms with Crippen LogP contribution in [0, 0.1) is 11.3 Å². The van der Waals surface area contributed by atoms with E-state index < -0.39 is 0 Å². The second-order valence-electron chi connectivity index (χ2n) is 6.07. The van der Waals surface area contributed by atoms with Gasteiger partial charge in [0.15, 0.2) is 0 Å². The molecule has 0 fully saturated rings. The van der Waals surface area contributed by atoms with Gasteiger partial charge >= 0.3 is 0 Å². The van der Waals surface area contributed by atoms with Crippen LogP contribution in [0.2, 0.25) is 0 Å². The van der Waals surface area contributed by atoms with Crippen LogP contribution < -0.4 is 0 Å². The van der Waals surface area contributed by atoms with E-state index in [1.165, 1.54) is 0 Å². The molecule has 0 radical (unpaired) electrons. The van der Waals surface area contributed by atoms with Crippen molar-refractivity contribution in [2.75, 3.05) is 0 Å². The molecule has 0 heterocycles. The third-order valence-corrected chi connectivity index (χ3v) is 5.76. The van der Waals surface area contributed by atoms with Crippen molar-refractivity contribution in [3.8, 4) is 0 Å². The maximum absolute atomic E-state index is 4.84. The molecule has 0 rings (SSSR count). The lowest BCUT2D eigenvalue weighted by Gasteiger charge is -2.51. The van der Waals surface area contributed by atoms with Gasteiger partial charge in [0, 0.05) is 9.39 Å². The molecule has 0 spiro atoms. The molecule has 0 bridgehead atoms. The van der Waals surface area contributed by atoms with Gasteiger partial charge in [0.25, 0.3) is 0 Å². The normalized spacial score (nSPS) is 20.9. The second kappa shape index (κ2) is 4.41. The third-order valence-electron chi connectivity index (χ3n) is 3.73. The van der Waals surface area contributed by atoms with Gasteiger partial charge in [-0.3, -0.25) is 0 Å². The molecule has 0 N–H and O–H groups in total. The SMILES string of the molecule is BC(S)(C(C)(C)C)C(C)(S)C(=C)C(C)C. The summed E-state index contributed by atoms with van der Waals surface area (Å²) >= 11 is 9.66. The minimum absolute atomic E-state index is 0.0739. The highest BCUT2D eigenvalue weighted by molar-refractivity contribution is 7.87. The smallest absolute Gasteiger partial charge is 0.125 e. The van der Waals surface area contributed by atoms with Crippen molar-refractivity contribution in [1.29, 1.82) is 0 Å². The zero-order chi connectivity index (χ0) is 12.7. The molecule has 88 valence electrons. The predicted octanol–water partition coefficient (Wildman–Crippen LogP) is 3.19. The van der Waals surface area contributed by atoms with Crippen LogP contribution >= 0.6 is 25.3 Å². The van der Waals surface area contributed by atoms with Gasteiger partial charge in [-0.05, 0) is 18.3 Å². The lowest BCUT2D eigenvalue weighted by atomic mass is 9.58. The summed E-state index contributed by atoms with van der Waals surface area (Å²) < 4.78 is -0.479. The molecule has 0 aliphatic heterocycles. The molecule has 15 heavy (non-hydrogen) atoms. The van der Waals surface area contributed by atoms with E-state index in [2.05, 4.69) is 56.0 Å². The first-order chi connectivity index (χ1) is 6.35. The molecule has 0 aromatic heterocycles. The van der Waals surface area contributed by atoms with E-state index in [1.807, 2.05) is 0 Å². The Morgan fingerprint density at radius 2 is 1.47 bits per heavy atom. The standard InChI is InChI=1S/C12H25BS2/c1-8(2)9(3)11(7,14)12(13,15)10(4,5)6/h8,14-15H,3,13H2,1-2,4-7H3. The maximum atomic E-state index is 4.84. The van der Waals surface area contributed by atoms with E-state index in [-0.39, 0.29) is 14.8 Å². The minimum atomic E-state index is -0.275. The Kier molecular flexibility index (Phi) is 4.55. The van der Waals surface area contributed by atoms with Crippen molar-refractivity contribution in [3.05, 3.63) is 12.2 Å². The van der Waals surface area contributed by atoms with Crippen LogP contribution in [0.25, 0.3) is 0 Å². The van der Waals surface area contributed by atoms with Gasteiger partial charge in [0.2, 0.25) is 0 Å². The Labute approximate surface area is 108 Å². The van der Waals surface area contributed by atoms with Gasteiger partial charge in [-0.15, -0.1) is 0 Å². The minimum Gasteiger partial charge on any atom is -0.179 e. The quantitative estimate of drug-likeness (QED) is 0.425. The fourth-order valence-corrected chi connectivity index (χ4v) is 2.34. The lowest BCUT2D eigenvalue weighted by Crippen LogP contribution is -2.55. The van der Waals surface area contributed by atoms with Gasteiger partial charge in [-0.2, -0.15) is 25.3 Å². The van der Waals surface area contributed by atoms with Crippen LogP contribution in [-0.2, 0) is 0 Å². The van der Waals surface area contributed by atoms with E-state index in [9.17, 15) is 0 Å². The van der Waals surface area contributed by atoms with Gasteiger partial charge < -0.3 is 0 Å². The monoisotopic (exact) mass is 244 g/mol. The Balaban J connectivity index is 5.29. The molecule has 0 nitrogen and oxygen atoms in total. The Hall–Kier alpha value is 0.505. The zero-order valence-electron chi connectivity index (χ0n) is 11.2. The van der Waals surface area contributed by atoms with E-state index in [0.717, 1.165) is 5.57 Å². The highest BCUT2D eigenvalue weighted by atomic mass is 32.1. The van der Waals surface area contributed by atoms with Crippen molar-refractivity contribution in [2.24, 2.45) is 11.3 Å². The molecular formula is C12H25BS2. The van der Waals surface area contributed by atoms with Crippen molar-refractivity contribution in [2.45, 2.75) is 50.9 Å². The van der Waals surface area contributed by atoms with Gasteiger partial charge in [0.05, 0.1) is 0 Å². The lowest BCUT2D eigenvalue weighted by molar-refractivity contribution is 0.322. The summed E-state index contributed by atoms with van der Waals surface area (Å²) in [6.07, 6.45) is 0. The Morgan fingerprint density at radius 3 is 1.67 bits per heavy atom. The molecule has 0 aliphatic carbocycles. The summed E-state index contributed by atoms with van der Waals surface area (Å²) in [5.41, 5.74) is 1.23. The Bertz CT molecular complexity index is 247. The predicted molar refractivity (Wildman–Crippen MR) is 81.1 cm³/mol. The van der Waals surface area contributed by atoms with E-state index >= 15 is 0 Å². The fourth-order valence-electron chi connectivity index (χ4n) is 1.60. The average molecular weight is 244 g/mol. The summed E-state index contributed by atoms with van der Waals surface area (Å²) in [6, 6.07) is 0. The summed E-state index contributed by atoms with van der Waals surface area (Å²) in [5, 5.41) is 0.